The van der Waals surface area contributed by atoms with Crippen LogP contribution in [0.25, 0.3) is 11.1 Å². The molecule has 0 saturated carbocycles. The molecule has 1 N–H and O–H groups in total. The number of hydrogen-bond donors (Lipinski definition) is 1. The van der Waals surface area contributed by atoms with E-state index >= 15 is 0 Å². The number of aromatic nitrogens is 2. The minimum absolute atomic E-state index is 0.148. The molecule has 192 valence electrons. The lowest BCUT2D eigenvalue weighted by Gasteiger charge is -2.35. The molecule has 0 spiro atoms. The van der Waals surface area contributed by atoms with Crippen molar-refractivity contribution in [1.29, 1.82) is 0 Å². The van der Waals surface area contributed by atoms with Crippen molar-refractivity contribution in [1.82, 2.24) is 15.3 Å². The van der Waals surface area contributed by atoms with E-state index in [1.54, 1.807) is 18.5 Å². The Morgan fingerprint density at radius 2 is 1.54 bits per heavy atom. The number of rotatable bonds is 7. The molecule has 39 heavy (non-hydrogen) atoms. The molecule has 2 aromatic heterocycles. The van der Waals surface area contributed by atoms with E-state index in [-0.39, 0.29) is 11.8 Å². The van der Waals surface area contributed by atoms with Crippen molar-refractivity contribution in [2.24, 2.45) is 0 Å². The lowest BCUT2D eigenvalue weighted by Crippen LogP contribution is -2.46. The summed E-state index contributed by atoms with van der Waals surface area (Å²) < 4.78 is 5.90. The average molecular weight is 513 g/mol. The van der Waals surface area contributed by atoms with Gasteiger partial charge in [0.15, 0.2) is 0 Å². The van der Waals surface area contributed by atoms with Gasteiger partial charge in [0.05, 0.1) is 0 Å². The van der Waals surface area contributed by atoms with E-state index < -0.39 is 0 Å². The highest BCUT2D eigenvalue weighted by atomic mass is 16.5. The molecule has 5 aromatic rings. The van der Waals surface area contributed by atoms with Crippen molar-refractivity contribution in [2.75, 3.05) is 24.5 Å². The van der Waals surface area contributed by atoms with E-state index in [9.17, 15) is 4.79 Å². The maximum atomic E-state index is 13.5. The number of carbonyl (C=O) groups excluding carboxylic acids is 1. The average Bonchev–Trinajstić information content (AvgIpc) is 3.02. The van der Waals surface area contributed by atoms with Gasteiger partial charge in [-0.3, -0.25) is 9.78 Å². The first kappa shape index (κ1) is 24.5. The predicted octanol–water partition coefficient (Wildman–Crippen LogP) is 6.32. The summed E-state index contributed by atoms with van der Waals surface area (Å²) in [6.45, 7) is 2.46. The third-order valence-electron chi connectivity index (χ3n) is 6.84. The summed E-state index contributed by atoms with van der Waals surface area (Å²) in [7, 11) is 0. The van der Waals surface area contributed by atoms with Crippen LogP contribution in [-0.2, 0) is 0 Å². The van der Waals surface area contributed by atoms with Crippen LogP contribution in [0.3, 0.4) is 0 Å². The first-order valence-electron chi connectivity index (χ1n) is 13.1. The van der Waals surface area contributed by atoms with Gasteiger partial charge in [-0.1, -0.05) is 66.7 Å². The Kier molecular flexibility index (Phi) is 7.10. The van der Waals surface area contributed by atoms with Crippen LogP contribution in [0.5, 0.6) is 11.5 Å². The fourth-order valence-electron chi connectivity index (χ4n) is 4.80. The number of hydrogen-bond acceptors (Lipinski definition) is 6. The quantitative estimate of drug-likeness (QED) is 0.258. The molecule has 1 unspecified atom stereocenters. The maximum Gasteiger partial charge on any atom is 0.212 e. The first-order chi connectivity index (χ1) is 19.2. The second-order valence-corrected chi connectivity index (χ2v) is 9.48. The zero-order chi connectivity index (χ0) is 26.4. The van der Waals surface area contributed by atoms with Crippen molar-refractivity contribution in [3.8, 4) is 22.6 Å². The zero-order valence-corrected chi connectivity index (χ0v) is 21.4. The van der Waals surface area contributed by atoms with Crippen LogP contribution in [-0.4, -0.2) is 35.4 Å². The van der Waals surface area contributed by atoms with E-state index in [0.29, 0.717) is 11.3 Å². The number of nitrogens with one attached hydrogen (secondary N) is 1. The van der Waals surface area contributed by atoms with Crippen LogP contribution < -0.4 is 15.0 Å². The summed E-state index contributed by atoms with van der Waals surface area (Å²) in [5.41, 5.74) is 3.97. The zero-order valence-electron chi connectivity index (χ0n) is 21.4. The summed E-state index contributed by atoms with van der Waals surface area (Å²) in [6.07, 6.45) is 3.36. The highest BCUT2D eigenvalue weighted by Crippen LogP contribution is 2.27. The SMILES string of the molecule is O=C(c1cncc(-c2ccc(Oc3ccccc3)cc2)c1)c1cccc(N2CCNC(c3ccccc3)C2)n1. The van der Waals surface area contributed by atoms with Crippen LogP contribution in [0, 0.1) is 0 Å². The molecule has 6 heteroatoms. The summed E-state index contributed by atoms with van der Waals surface area (Å²) in [5, 5.41) is 3.58. The van der Waals surface area contributed by atoms with Crippen molar-refractivity contribution in [3.05, 3.63) is 138 Å². The Hall–Kier alpha value is -4.81. The molecule has 0 aliphatic carbocycles. The van der Waals surface area contributed by atoms with Crippen molar-refractivity contribution < 1.29 is 9.53 Å². The van der Waals surface area contributed by atoms with E-state index in [1.165, 1.54) is 5.56 Å². The summed E-state index contributed by atoms with van der Waals surface area (Å²) in [6, 6.07) is 35.6. The van der Waals surface area contributed by atoms with Gasteiger partial charge in [0.2, 0.25) is 5.78 Å². The Balaban J connectivity index is 1.18. The molecule has 1 aliphatic heterocycles. The Morgan fingerprint density at radius 3 is 2.33 bits per heavy atom. The fourth-order valence-corrected chi connectivity index (χ4v) is 4.80. The van der Waals surface area contributed by atoms with E-state index in [1.807, 2.05) is 78.9 Å². The molecule has 1 saturated heterocycles. The van der Waals surface area contributed by atoms with Gasteiger partial charge in [0.25, 0.3) is 0 Å². The number of para-hydroxylation sites is 1. The second-order valence-electron chi connectivity index (χ2n) is 9.48. The number of nitrogens with zero attached hydrogens (tertiary/aromatic N) is 3. The van der Waals surface area contributed by atoms with E-state index in [0.717, 1.165) is 48.1 Å². The van der Waals surface area contributed by atoms with E-state index in [4.69, 9.17) is 9.72 Å². The number of ketones is 1. The highest BCUT2D eigenvalue weighted by Gasteiger charge is 2.22. The maximum absolute atomic E-state index is 13.5. The topological polar surface area (TPSA) is 67.3 Å². The number of carbonyl (C=O) groups is 1. The van der Waals surface area contributed by atoms with Crippen molar-refractivity contribution in [2.45, 2.75) is 6.04 Å². The first-order valence-corrected chi connectivity index (χ1v) is 13.1. The minimum Gasteiger partial charge on any atom is -0.457 e. The molecule has 0 amide bonds. The third-order valence-corrected chi connectivity index (χ3v) is 6.84. The lowest BCUT2D eigenvalue weighted by molar-refractivity contribution is 0.103. The van der Waals surface area contributed by atoms with Crippen LogP contribution >= 0.6 is 0 Å². The number of anilines is 1. The highest BCUT2D eigenvalue weighted by molar-refractivity contribution is 6.08. The van der Waals surface area contributed by atoms with Gasteiger partial charge in [-0.25, -0.2) is 4.98 Å². The van der Waals surface area contributed by atoms with Crippen LogP contribution in [0.4, 0.5) is 5.82 Å². The van der Waals surface area contributed by atoms with Gasteiger partial charge < -0.3 is 15.0 Å². The number of benzene rings is 3. The standard InChI is InChI=1S/C33H28N4O2/c38-33(30-12-7-13-32(36-30)37-19-18-35-31(23-37)25-8-3-1-4-9-25)27-20-26(21-34-22-27)24-14-16-29(17-15-24)39-28-10-5-2-6-11-28/h1-17,20-22,31,35H,18-19,23H2. The van der Waals surface area contributed by atoms with Crippen molar-refractivity contribution in [3.63, 3.8) is 0 Å². The van der Waals surface area contributed by atoms with Gasteiger partial charge in [-0.05, 0) is 53.6 Å². The molecule has 1 atom stereocenters. The van der Waals surface area contributed by atoms with Gasteiger partial charge in [0.1, 0.15) is 23.0 Å². The molecule has 0 bridgehead atoms. The summed E-state index contributed by atoms with van der Waals surface area (Å²) in [5.74, 6) is 2.19. The summed E-state index contributed by atoms with van der Waals surface area (Å²) >= 11 is 0. The molecule has 3 heterocycles. The fraction of sp³-hybridized carbons (Fsp3) is 0.121. The Bertz CT molecular complexity index is 1560. The largest absolute Gasteiger partial charge is 0.457 e. The predicted molar refractivity (Wildman–Crippen MR) is 153 cm³/mol. The second kappa shape index (κ2) is 11.3. The van der Waals surface area contributed by atoms with Gasteiger partial charge in [0, 0.05) is 49.2 Å². The van der Waals surface area contributed by atoms with Gasteiger partial charge in [-0.2, -0.15) is 0 Å². The van der Waals surface area contributed by atoms with Crippen LogP contribution in [0.2, 0.25) is 0 Å². The Labute approximate surface area is 228 Å². The molecular weight excluding hydrogens is 484 g/mol. The Morgan fingerprint density at radius 1 is 0.795 bits per heavy atom. The van der Waals surface area contributed by atoms with Crippen molar-refractivity contribution >= 4 is 11.6 Å². The molecule has 1 aliphatic rings. The molecule has 6 nitrogen and oxygen atoms in total. The minimum atomic E-state index is -0.148. The smallest absolute Gasteiger partial charge is 0.212 e. The van der Waals surface area contributed by atoms with Crippen LogP contribution in [0.15, 0.2) is 122 Å². The number of pyridine rings is 2. The molecule has 3 aromatic carbocycles. The molecular formula is C33H28N4O2. The normalized spacial score (nSPS) is 15.1. The molecule has 6 rings (SSSR count). The summed E-state index contributed by atoms with van der Waals surface area (Å²) in [4.78, 5) is 24.8. The van der Waals surface area contributed by atoms with Crippen LogP contribution in [0.1, 0.15) is 27.7 Å². The van der Waals surface area contributed by atoms with Gasteiger partial charge in [-0.15, -0.1) is 0 Å². The monoisotopic (exact) mass is 512 g/mol. The van der Waals surface area contributed by atoms with Gasteiger partial charge >= 0.3 is 0 Å². The molecule has 0 radical (unpaired) electrons. The lowest BCUT2D eigenvalue weighted by atomic mass is 10.0. The number of piperazine rings is 1. The number of ether oxygens (including phenoxy) is 1. The third kappa shape index (κ3) is 5.71. The van der Waals surface area contributed by atoms with E-state index in [2.05, 4.69) is 39.5 Å². The molecule has 1 fully saturated rings.